The van der Waals surface area contributed by atoms with Gasteiger partial charge >= 0.3 is 5.97 Å². The predicted molar refractivity (Wildman–Crippen MR) is 94.4 cm³/mol. The number of ether oxygens (including phenoxy) is 1. The molecule has 1 heterocycles. The maximum atomic E-state index is 14.9. The number of fused-ring (bicyclic) bond motifs is 1. The number of aliphatic hydroxyl groups is 2. The zero-order valence-electron chi connectivity index (χ0n) is 15.3. The van der Waals surface area contributed by atoms with E-state index in [0.29, 0.717) is 25.7 Å². The van der Waals surface area contributed by atoms with Gasteiger partial charge in [-0.05, 0) is 31.8 Å². The number of alkyl halides is 2. The number of carbonyl (C=O) groups is 1. The van der Waals surface area contributed by atoms with Gasteiger partial charge < -0.3 is 20.1 Å². The molecule has 3 rings (SSSR count). The molecule has 6 atom stereocenters. The van der Waals surface area contributed by atoms with E-state index < -0.39 is 48.0 Å². The number of unbranched alkanes of at least 4 members (excludes halogenated alkanes) is 1. The molecule has 0 radical (unpaired) electrons. The number of allylic oxidation sites excluding steroid dienone is 2. The summed E-state index contributed by atoms with van der Waals surface area (Å²) in [6.07, 6.45) is 3.82. The van der Waals surface area contributed by atoms with Gasteiger partial charge in [0.05, 0.1) is 6.10 Å². The number of carboxylic acid groups (broad SMARTS) is 1. The van der Waals surface area contributed by atoms with Crippen LogP contribution in [0.3, 0.4) is 0 Å². The Morgan fingerprint density at radius 2 is 2.07 bits per heavy atom. The molecule has 0 aromatic carbocycles. The molecule has 152 valence electrons. The molecule has 0 spiro atoms. The zero-order chi connectivity index (χ0) is 19.6. The number of hydrogen-bond donors (Lipinski definition) is 3. The van der Waals surface area contributed by atoms with Gasteiger partial charge in [0.2, 0.25) is 0 Å². The molecule has 3 aliphatic rings. The maximum absolute atomic E-state index is 14.9. The number of carboxylic acids is 1. The minimum absolute atomic E-state index is 0.0144. The first-order valence-corrected chi connectivity index (χ1v) is 9.78. The zero-order valence-corrected chi connectivity index (χ0v) is 15.3. The van der Waals surface area contributed by atoms with E-state index in [-0.39, 0.29) is 18.6 Å². The van der Waals surface area contributed by atoms with Crippen molar-refractivity contribution in [1.29, 1.82) is 0 Å². The van der Waals surface area contributed by atoms with Crippen molar-refractivity contribution in [2.45, 2.75) is 81.5 Å². The van der Waals surface area contributed by atoms with Crippen LogP contribution < -0.4 is 0 Å². The second kappa shape index (κ2) is 8.27. The average molecular weight is 386 g/mol. The lowest BCUT2D eigenvalue weighted by Crippen LogP contribution is -2.34. The number of halogens is 2. The van der Waals surface area contributed by atoms with Crippen molar-refractivity contribution in [3.05, 3.63) is 24.0 Å². The second-order valence-corrected chi connectivity index (χ2v) is 7.98. The lowest BCUT2D eigenvalue weighted by Gasteiger charge is -2.24. The fourth-order valence-electron chi connectivity index (χ4n) is 4.58. The van der Waals surface area contributed by atoms with Gasteiger partial charge in [-0.1, -0.05) is 25.0 Å². The monoisotopic (exact) mass is 386 g/mol. The summed E-state index contributed by atoms with van der Waals surface area (Å²) in [5.41, 5.74) is -1.63. The fourth-order valence-corrected chi connectivity index (χ4v) is 4.58. The molecular weight excluding hydrogens is 358 g/mol. The van der Waals surface area contributed by atoms with E-state index >= 15 is 0 Å². The second-order valence-electron chi connectivity index (χ2n) is 7.98. The molecule has 6 unspecified atom stereocenters. The van der Waals surface area contributed by atoms with E-state index in [1.807, 2.05) is 0 Å². The molecule has 27 heavy (non-hydrogen) atoms. The van der Waals surface area contributed by atoms with Gasteiger partial charge in [0.25, 0.3) is 0 Å². The third-order valence-corrected chi connectivity index (χ3v) is 6.11. The van der Waals surface area contributed by atoms with Crippen LogP contribution in [-0.2, 0) is 9.53 Å². The van der Waals surface area contributed by atoms with Gasteiger partial charge in [-0.25, -0.2) is 8.78 Å². The smallest absolute Gasteiger partial charge is 0.303 e. The Morgan fingerprint density at radius 1 is 1.37 bits per heavy atom. The van der Waals surface area contributed by atoms with E-state index in [9.17, 15) is 23.8 Å². The Bertz CT molecular complexity index is 599. The van der Waals surface area contributed by atoms with Crippen molar-refractivity contribution in [3.8, 4) is 0 Å². The number of aliphatic carboxylic acids is 1. The molecule has 3 N–H and O–H groups in total. The van der Waals surface area contributed by atoms with Crippen LogP contribution in [-0.4, -0.2) is 51.4 Å². The van der Waals surface area contributed by atoms with Crippen LogP contribution in [0.2, 0.25) is 0 Å². The average Bonchev–Trinajstić information content (AvgIpc) is 3.26. The summed E-state index contributed by atoms with van der Waals surface area (Å²) >= 11 is 0. The van der Waals surface area contributed by atoms with Crippen molar-refractivity contribution in [2.24, 2.45) is 11.8 Å². The highest BCUT2D eigenvalue weighted by Gasteiger charge is 2.53. The van der Waals surface area contributed by atoms with E-state index in [0.717, 1.165) is 12.8 Å². The van der Waals surface area contributed by atoms with E-state index in [1.54, 1.807) is 12.2 Å². The Hall–Kier alpha value is -1.47. The first-order chi connectivity index (χ1) is 12.8. The summed E-state index contributed by atoms with van der Waals surface area (Å²) in [5, 5.41) is 29.1. The lowest BCUT2D eigenvalue weighted by molar-refractivity contribution is -0.137. The highest BCUT2D eigenvalue weighted by atomic mass is 19.1. The van der Waals surface area contributed by atoms with Gasteiger partial charge in [0.1, 0.15) is 23.6 Å². The highest BCUT2D eigenvalue weighted by Crippen LogP contribution is 2.47. The van der Waals surface area contributed by atoms with Crippen molar-refractivity contribution in [1.82, 2.24) is 0 Å². The third kappa shape index (κ3) is 4.35. The molecule has 7 heteroatoms. The van der Waals surface area contributed by atoms with Crippen LogP contribution in [0, 0.1) is 11.8 Å². The molecule has 3 fully saturated rings. The Balaban J connectivity index is 1.62. The van der Waals surface area contributed by atoms with Gasteiger partial charge in [-0.2, -0.15) is 0 Å². The molecule has 0 aromatic rings. The summed E-state index contributed by atoms with van der Waals surface area (Å²) in [6.45, 7) is 0. The van der Waals surface area contributed by atoms with Gasteiger partial charge in [0, 0.05) is 24.7 Å². The van der Waals surface area contributed by atoms with Gasteiger partial charge in [-0.15, -0.1) is 0 Å². The molecule has 1 saturated heterocycles. The fraction of sp³-hybridized carbons (Fsp3) is 0.750. The van der Waals surface area contributed by atoms with Crippen LogP contribution in [0.15, 0.2) is 24.0 Å². The number of rotatable bonds is 7. The van der Waals surface area contributed by atoms with Crippen LogP contribution in [0.4, 0.5) is 8.78 Å². The molecule has 5 nitrogen and oxygen atoms in total. The standard InChI is InChI=1S/C20H28F2O5/c21-19-14(5-1-2-6-17(25)26)27-15-11-13(23)12(18(15)19)7-8-16(24)20(22)9-3-4-10-20/h5,7-8,12-13,15-16,18-19,23-24H,1-4,6,9-11H2,(H,25,26). The van der Waals surface area contributed by atoms with Crippen molar-refractivity contribution in [3.63, 3.8) is 0 Å². The lowest BCUT2D eigenvalue weighted by atomic mass is 9.88. The van der Waals surface area contributed by atoms with Crippen LogP contribution in [0.1, 0.15) is 51.4 Å². The van der Waals surface area contributed by atoms with Gasteiger partial charge in [-0.3, -0.25) is 4.79 Å². The molecule has 0 amide bonds. The van der Waals surface area contributed by atoms with Crippen molar-refractivity contribution in [2.75, 3.05) is 0 Å². The van der Waals surface area contributed by atoms with E-state index in [1.165, 1.54) is 6.08 Å². The molecule has 1 aliphatic heterocycles. The molecule has 0 aromatic heterocycles. The van der Waals surface area contributed by atoms with Crippen molar-refractivity contribution < 1.29 is 33.6 Å². The Morgan fingerprint density at radius 3 is 2.74 bits per heavy atom. The predicted octanol–water partition coefficient (Wildman–Crippen LogP) is 3.06. The third-order valence-electron chi connectivity index (χ3n) is 6.11. The van der Waals surface area contributed by atoms with Crippen molar-refractivity contribution >= 4 is 5.97 Å². The summed E-state index contributed by atoms with van der Waals surface area (Å²) in [6, 6.07) is 0. The molecule has 2 saturated carbocycles. The first kappa shape index (κ1) is 20.3. The van der Waals surface area contributed by atoms with Gasteiger partial charge in [0.15, 0.2) is 6.17 Å². The molecule has 2 aliphatic carbocycles. The summed E-state index contributed by atoms with van der Waals surface area (Å²) in [4.78, 5) is 10.5. The van der Waals surface area contributed by atoms with Crippen LogP contribution in [0.5, 0.6) is 0 Å². The minimum Gasteiger partial charge on any atom is -0.491 e. The molecular formula is C20H28F2O5. The topological polar surface area (TPSA) is 87.0 Å². The quantitative estimate of drug-likeness (QED) is 0.462. The summed E-state index contributed by atoms with van der Waals surface area (Å²) in [7, 11) is 0. The summed E-state index contributed by atoms with van der Waals surface area (Å²) in [5.74, 6) is -1.82. The maximum Gasteiger partial charge on any atom is 0.303 e. The minimum atomic E-state index is -1.63. The highest BCUT2D eigenvalue weighted by molar-refractivity contribution is 5.66. The largest absolute Gasteiger partial charge is 0.491 e. The Kier molecular flexibility index (Phi) is 6.21. The number of hydrogen-bond acceptors (Lipinski definition) is 4. The van der Waals surface area contributed by atoms with E-state index in [2.05, 4.69) is 0 Å². The SMILES string of the molecule is O=C(O)CCCC=C1OC2CC(O)C(C=CC(O)C3(F)CCCC3)C2C1F. The normalized spacial score (nSPS) is 37.6. The molecule has 0 bridgehead atoms. The Labute approximate surface area is 157 Å². The number of aliphatic hydroxyl groups excluding tert-OH is 2. The first-order valence-electron chi connectivity index (χ1n) is 9.78. The van der Waals surface area contributed by atoms with Crippen LogP contribution >= 0.6 is 0 Å². The summed E-state index contributed by atoms with van der Waals surface area (Å²) < 4.78 is 35.1. The van der Waals surface area contributed by atoms with Crippen LogP contribution in [0.25, 0.3) is 0 Å². The van der Waals surface area contributed by atoms with E-state index in [4.69, 9.17) is 9.84 Å².